The molecule has 4 rings (SSSR count). The lowest BCUT2D eigenvalue weighted by atomic mass is 10.2. The van der Waals surface area contributed by atoms with E-state index in [1.807, 2.05) is 49.1 Å². The molecule has 1 fully saturated rings. The van der Waals surface area contributed by atoms with E-state index in [0.29, 0.717) is 30.2 Å². The molecule has 1 aliphatic heterocycles. The molecule has 0 saturated carbocycles. The minimum atomic E-state index is -0.0804. The molecule has 1 aliphatic rings. The van der Waals surface area contributed by atoms with Crippen LogP contribution in [-0.4, -0.2) is 53.0 Å². The van der Waals surface area contributed by atoms with Gasteiger partial charge in [-0.15, -0.1) is 0 Å². The molecule has 2 atom stereocenters. The molecule has 1 aromatic carbocycles. The highest BCUT2D eigenvalue weighted by molar-refractivity contribution is 5.94. The lowest BCUT2D eigenvalue weighted by Gasteiger charge is -2.35. The first-order valence-electron chi connectivity index (χ1n) is 9.28. The Hall–Kier alpha value is -3.06. The maximum atomic E-state index is 13.3. The van der Waals surface area contributed by atoms with Gasteiger partial charge in [0.1, 0.15) is 17.1 Å². The zero-order chi connectivity index (χ0) is 19.7. The summed E-state index contributed by atoms with van der Waals surface area (Å²) in [4.78, 5) is 15.2. The third-order valence-electron chi connectivity index (χ3n) is 4.73. The fourth-order valence-corrected chi connectivity index (χ4v) is 3.50. The van der Waals surface area contributed by atoms with E-state index in [0.717, 1.165) is 11.4 Å². The van der Waals surface area contributed by atoms with Crippen molar-refractivity contribution in [2.24, 2.45) is 0 Å². The summed E-state index contributed by atoms with van der Waals surface area (Å²) in [7, 11) is 1.62. The smallest absolute Gasteiger partial charge is 0.272 e. The van der Waals surface area contributed by atoms with Crippen molar-refractivity contribution < 1.29 is 18.7 Å². The summed E-state index contributed by atoms with van der Waals surface area (Å²) in [6, 6.07) is 12.8. The highest BCUT2D eigenvalue weighted by Gasteiger charge is 2.29. The van der Waals surface area contributed by atoms with Crippen molar-refractivity contribution in [1.82, 2.24) is 14.7 Å². The highest BCUT2D eigenvalue weighted by Crippen LogP contribution is 2.25. The number of morpholine rings is 1. The number of carbonyl (C=O) groups excluding carboxylic acids is 1. The van der Waals surface area contributed by atoms with Gasteiger partial charge in [-0.3, -0.25) is 4.79 Å². The Morgan fingerprint density at radius 3 is 2.46 bits per heavy atom. The monoisotopic (exact) mass is 381 g/mol. The zero-order valence-corrected chi connectivity index (χ0v) is 16.2. The van der Waals surface area contributed by atoms with Crippen molar-refractivity contribution >= 4 is 5.91 Å². The van der Waals surface area contributed by atoms with Crippen LogP contribution in [0.2, 0.25) is 0 Å². The van der Waals surface area contributed by atoms with Crippen LogP contribution >= 0.6 is 0 Å². The van der Waals surface area contributed by atoms with Gasteiger partial charge in [0, 0.05) is 19.2 Å². The summed E-state index contributed by atoms with van der Waals surface area (Å²) in [5, 5.41) is 4.64. The first kappa shape index (κ1) is 18.3. The number of ether oxygens (including phenoxy) is 2. The van der Waals surface area contributed by atoms with Gasteiger partial charge >= 0.3 is 0 Å². The second-order valence-electron chi connectivity index (χ2n) is 6.97. The lowest BCUT2D eigenvalue weighted by molar-refractivity contribution is -0.0588. The van der Waals surface area contributed by atoms with Gasteiger partial charge in [-0.05, 0) is 50.2 Å². The van der Waals surface area contributed by atoms with E-state index >= 15 is 0 Å². The Labute approximate surface area is 163 Å². The molecule has 0 radical (unpaired) electrons. The summed E-state index contributed by atoms with van der Waals surface area (Å²) in [5.74, 6) is 1.28. The Kier molecular flexibility index (Phi) is 4.92. The summed E-state index contributed by atoms with van der Waals surface area (Å²) >= 11 is 0. The molecule has 28 heavy (non-hydrogen) atoms. The van der Waals surface area contributed by atoms with Crippen molar-refractivity contribution in [3.8, 4) is 22.9 Å². The molecule has 1 amide bonds. The zero-order valence-electron chi connectivity index (χ0n) is 16.2. The van der Waals surface area contributed by atoms with Crippen molar-refractivity contribution in [2.45, 2.75) is 26.1 Å². The topological polar surface area (TPSA) is 69.7 Å². The number of benzene rings is 1. The van der Waals surface area contributed by atoms with Gasteiger partial charge in [0.15, 0.2) is 5.76 Å². The number of furan rings is 1. The molecule has 0 spiro atoms. The van der Waals surface area contributed by atoms with Gasteiger partial charge in [0.25, 0.3) is 5.91 Å². The van der Waals surface area contributed by atoms with Crippen LogP contribution in [-0.2, 0) is 4.74 Å². The molecule has 7 heteroatoms. The Morgan fingerprint density at radius 1 is 1.14 bits per heavy atom. The largest absolute Gasteiger partial charge is 0.497 e. The third-order valence-corrected chi connectivity index (χ3v) is 4.73. The second kappa shape index (κ2) is 7.52. The van der Waals surface area contributed by atoms with Crippen LogP contribution in [0.3, 0.4) is 0 Å². The maximum absolute atomic E-state index is 13.3. The average Bonchev–Trinajstić information content (AvgIpc) is 3.36. The summed E-state index contributed by atoms with van der Waals surface area (Å²) in [6.45, 7) is 5.05. The SMILES string of the molecule is COc1ccc(-n2nc(-c3ccco3)cc2C(=O)N2C[C@H](C)O[C@@H](C)C2)cc1. The predicted molar refractivity (Wildman–Crippen MR) is 104 cm³/mol. The molecule has 0 N–H and O–H groups in total. The number of amides is 1. The molecule has 0 bridgehead atoms. The minimum Gasteiger partial charge on any atom is -0.497 e. The van der Waals surface area contributed by atoms with Crippen LogP contribution in [0.1, 0.15) is 24.3 Å². The molecule has 0 aliphatic carbocycles. The molecule has 0 unspecified atom stereocenters. The number of nitrogens with zero attached hydrogens (tertiary/aromatic N) is 3. The summed E-state index contributed by atoms with van der Waals surface area (Å²) < 4.78 is 18.1. The average molecular weight is 381 g/mol. The van der Waals surface area contributed by atoms with Crippen LogP contribution in [0.25, 0.3) is 17.1 Å². The maximum Gasteiger partial charge on any atom is 0.272 e. The second-order valence-corrected chi connectivity index (χ2v) is 6.97. The van der Waals surface area contributed by atoms with E-state index in [1.165, 1.54) is 0 Å². The van der Waals surface area contributed by atoms with Crippen LogP contribution in [0.5, 0.6) is 5.75 Å². The van der Waals surface area contributed by atoms with E-state index in [9.17, 15) is 4.79 Å². The Bertz CT molecular complexity index is 937. The fraction of sp³-hybridized carbons (Fsp3) is 0.333. The quantitative estimate of drug-likeness (QED) is 0.693. The summed E-state index contributed by atoms with van der Waals surface area (Å²) in [5.41, 5.74) is 1.87. The lowest BCUT2D eigenvalue weighted by Crippen LogP contribution is -2.48. The molecule has 3 heterocycles. The van der Waals surface area contributed by atoms with Gasteiger partial charge in [-0.2, -0.15) is 5.10 Å². The number of carbonyl (C=O) groups is 1. The molecule has 2 aromatic heterocycles. The Balaban J connectivity index is 1.74. The standard InChI is InChI=1S/C21H23N3O4/c1-14-12-23(13-15(2)28-14)21(25)19-11-18(20-5-4-10-27-20)22-24(19)16-6-8-17(26-3)9-7-16/h4-11,14-15H,12-13H2,1-3H3/t14-,15-/m0/s1. The van der Waals surface area contributed by atoms with Crippen LogP contribution < -0.4 is 4.74 Å². The van der Waals surface area contributed by atoms with Crippen molar-refractivity contribution in [2.75, 3.05) is 20.2 Å². The van der Waals surface area contributed by atoms with E-state index in [-0.39, 0.29) is 18.1 Å². The van der Waals surface area contributed by atoms with Crippen molar-refractivity contribution in [1.29, 1.82) is 0 Å². The first-order chi connectivity index (χ1) is 13.5. The van der Waals surface area contributed by atoms with Crippen LogP contribution in [0.4, 0.5) is 0 Å². The Morgan fingerprint density at radius 2 is 1.86 bits per heavy atom. The van der Waals surface area contributed by atoms with Crippen LogP contribution in [0, 0.1) is 0 Å². The molecular weight excluding hydrogens is 358 g/mol. The van der Waals surface area contributed by atoms with Gasteiger partial charge in [0.05, 0.1) is 31.3 Å². The van der Waals surface area contributed by atoms with E-state index in [4.69, 9.17) is 13.9 Å². The molecule has 3 aromatic rings. The number of rotatable bonds is 4. The predicted octanol–water partition coefficient (Wildman–Crippen LogP) is 3.39. The normalized spacial score (nSPS) is 19.6. The first-order valence-corrected chi connectivity index (χ1v) is 9.28. The van der Waals surface area contributed by atoms with Crippen LogP contribution in [0.15, 0.2) is 53.1 Å². The van der Waals surface area contributed by atoms with Gasteiger partial charge in [-0.1, -0.05) is 0 Å². The van der Waals surface area contributed by atoms with Gasteiger partial charge in [-0.25, -0.2) is 4.68 Å². The molecule has 1 saturated heterocycles. The van der Waals surface area contributed by atoms with E-state index in [1.54, 1.807) is 30.2 Å². The number of hydrogen-bond acceptors (Lipinski definition) is 5. The van der Waals surface area contributed by atoms with Crippen molar-refractivity contribution in [3.05, 3.63) is 54.4 Å². The van der Waals surface area contributed by atoms with E-state index < -0.39 is 0 Å². The molecule has 146 valence electrons. The van der Waals surface area contributed by atoms with Crippen molar-refractivity contribution in [3.63, 3.8) is 0 Å². The van der Waals surface area contributed by atoms with E-state index in [2.05, 4.69) is 5.10 Å². The minimum absolute atomic E-state index is 0.00500. The highest BCUT2D eigenvalue weighted by atomic mass is 16.5. The number of aromatic nitrogens is 2. The number of hydrogen-bond donors (Lipinski definition) is 0. The van der Waals surface area contributed by atoms with Gasteiger partial charge < -0.3 is 18.8 Å². The fourth-order valence-electron chi connectivity index (χ4n) is 3.50. The molecular formula is C21H23N3O4. The molecule has 7 nitrogen and oxygen atoms in total. The van der Waals surface area contributed by atoms with Gasteiger partial charge in [0.2, 0.25) is 0 Å². The third kappa shape index (κ3) is 3.53. The number of methoxy groups -OCH3 is 1. The summed E-state index contributed by atoms with van der Waals surface area (Å²) in [6.07, 6.45) is 1.58.